The van der Waals surface area contributed by atoms with Crippen molar-refractivity contribution in [3.8, 4) is 0 Å². The summed E-state index contributed by atoms with van der Waals surface area (Å²) in [6.07, 6.45) is 2.56. The molecule has 0 aromatic heterocycles. The number of carboxylic acid groups (broad SMARTS) is 2. The molecule has 7 heteroatoms. The minimum atomic E-state index is -1.26. The summed E-state index contributed by atoms with van der Waals surface area (Å²) in [5.74, 6) is -3.29. The quantitative estimate of drug-likeness (QED) is 0.388. The van der Waals surface area contributed by atoms with E-state index in [1.807, 2.05) is 0 Å². The Kier molecular flexibility index (Phi) is 6.18. The summed E-state index contributed by atoms with van der Waals surface area (Å²) in [5.41, 5.74) is 0. The topological polar surface area (TPSA) is 118 Å². The van der Waals surface area contributed by atoms with E-state index in [1.165, 1.54) is 0 Å². The maximum absolute atomic E-state index is 10.2. The van der Waals surface area contributed by atoms with E-state index in [0.29, 0.717) is 31.4 Å². The minimum absolute atomic E-state index is 0.388. The van der Waals surface area contributed by atoms with Gasteiger partial charge in [0.15, 0.2) is 0 Å². The molecule has 2 N–H and O–H groups in total. The van der Waals surface area contributed by atoms with Gasteiger partial charge in [0.25, 0.3) is 0 Å². The van der Waals surface area contributed by atoms with Crippen molar-refractivity contribution in [2.24, 2.45) is 0 Å². The first-order chi connectivity index (χ1) is 7.41. The van der Waals surface area contributed by atoms with Crippen LogP contribution in [0.3, 0.4) is 0 Å². The number of hydrogen-bond acceptors (Lipinski definition) is 5. The molecule has 0 spiro atoms. The Labute approximate surface area is 90.3 Å². The van der Waals surface area contributed by atoms with E-state index < -0.39 is 11.9 Å². The molecule has 1 saturated heterocycles. The summed E-state index contributed by atoms with van der Waals surface area (Å²) in [6.45, 7) is 0. The van der Waals surface area contributed by atoms with Crippen molar-refractivity contribution in [2.45, 2.75) is 19.3 Å². The van der Waals surface area contributed by atoms with Crippen molar-refractivity contribution in [3.05, 3.63) is 12.2 Å². The SMILES string of the molecule is O=C(O)C=CC(=O)O.O=C1CCCC(=O)O1. The highest BCUT2D eigenvalue weighted by Crippen LogP contribution is 2.06. The summed E-state index contributed by atoms with van der Waals surface area (Å²) < 4.78 is 4.21. The maximum atomic E-state index is 10.2. The zero-order valence-electron chi connectivity index (χ0n) is 8.21. The largest absolute Gasteiger partial charge is 0.478 e. The van der Waals surface area contributed by atoms with E-state index in [9.17, 15) is 19.2 Å². The van der Waals surface area contributed by atoms with E-state index in [4.69, 9.17) is 10.2 Å². The molecule has 7 nitrogen and oxygen atoms in total. The molecule has 1 fully saturated rings. The lowest BCUT2D eigenvalue weighted by Gasteiger charge is -2.06. The van der Waals surface area contributed by atoms with Gasteiger partial charge >= 0.3 is 23.9 Å². The number of cyclic esters (lactones) is 2. The van der Waals surface area contributed by atoms with Crippen molar-refractivity contribution in [3.63, 3.8) is 0 Å². The van der Waals surface area contributed by atoms with Crippen LogP contribution in [0.5, 0.6) is 0 Å². The molecule has 0 saturated carbocycles. The van der Waals surface area contributed by atoms with Gasteiger partial charge in [0.05, 0.1) is 0 Å². The van der Waals surface area contributed by atoms with Crippen LogP contribution < -0.4 is 0 Å². The second-order valence-electron chi connectivity index (χ2n) is 2.71. The zero-order chi connectivity index (χ0) is 12.6. The highest BCUT2D eigenvalue weighted by molar-refractivity contribution is 5.89. The number of rotatable bonds is 2. The Morgan fingerprint density at radius 2 is 1.38 bits per heavy atom. The van der Waals surface area contributed by atoms with Gasteiger partial charge in [0.2, 0.25) is 0 Å². The summed E-state index contributed by atoms with van der Waals surface area (Å²) in [6, 6.07) is 0. The third kappa shape index (κ3) is 8.42. The summed E-state index contributed by atoms with van der Waals surface area (Å²) in [4.78, 5) is 39.6. The lowest BCUT2D eigenvalue weighted by atomic mass is 10.2. The minimum Gasteiger partial charge on any atom is -0.478 e. The highest BCUT2D eigenvalue weighted by atomic mass is 16.6. The highest BCUT2D eigenvalue weighted by Gasteiger charge is 2.15. The van der Waals surface area contributed by atoms with E-state index in [0.717, 1.165) is 0 Å². The van der Waals surface area contributed by atoms with Crippen molar-refractivity contribution in [1.82, 2.24) is 0 Å². The molecule has 0 unspecified atom stereocenters. The lowest BCUT2D eigenvalue weighted by molar-refractivity contribution is -0.163. The number of esters is 2. The fourth-order valence-electron chi connectivity index (χ4n) is 0.749. The molecule has 88 valence electrons. The van der Waals surface area contributed by atoms with Crippen LogP contribution in [0.1, 0.15) is 19.3 Å². The van der Waals surface area contributed by atoms with E-state index >= 15 is 0 Å². The monoisotopic (exact) mass is 230 g/mol. The summed E-state index contributed by atoms with van der Waals surface area (Å²) in [5, 5.41) is 15.6. The van der Waals surface area contributed by atoms with Crippen LogP contribution in [0.4, 0.5) is 0 Å². The molecule has 1 aliphatic heterocycles. The molecule has 16 heavy (non-hydrogen) atoms. The van der Waals surface area contributed by atoms with Crippen LogP contribution in [-0.4, -0.2) is 34.1 Å². The van der Waals surface area contributed by atoms with Crippen molar-refractivity contribution >= 4 is 23.9 Å². The molecule has 0 amide bonds. The first-order valence-corrected chi connectivity index (χ1v) is 4.29. The van der Waals surface area contributed by atoms with Gasteiger partial charge in [-0.25, -0.2) is 9.59 Å². The molecular weight excluding hydrogens is 220 g/mol. The first-order valence-electron chi connectivity index (χ1n) is 4.29. The fraction of sp³-hybridized carbons (Fsp3) is 0.333. The van der Waals surface area contributed by atoms with Crippen molar-refractivity contribution in [2.75, 3.05) is 0 Å². The van der Waals surface area contributed by atoms with Crippen molar-refractivity contribution in [1.29, 1.82) is 0 Å². The first kappa shape index (κ1) is 13.8. The summed E-state index contributed by atoms with van der Waals surface area (Å²) >= 11 is 0. The second-order valence-corrected chi connectivity index (χ2v) is 2.71. The Balaban J connectivity index is 0.000000281. The van der Waals surface area contributed by atoms with Gasteiger partial charge in [-0.15, -0.1) is 0 Å². The molecule has 0 aromatic rings. The van der Waals surface area contributed by atoms with Gasteiger partial charge in [-0.05, 0) is 6.42 Å². The zero-order valence-corrected chi connectivity index (χ0v) is 8.21. The Morgan fingerprint density at radius 1 is 1.00 bits per heavy atom. The number of ether oxygens (including phenoxy) is 1. The van der Waals surface area contributed by atoms with E-state index in [1.54, 1.807) is 0 Å². The smallest absolute Gasteiger partial charge is 0.328 e. The van der Waals surface area contributed by atoms with Crippen LogP contribution in [0.25, 0.3) is 0 Å². The van der Waals surface area contributed by atoms with Crippen LogP contribution in [0, 0.1) is 0 Å². The standard InChI is InChI=1S/C5H6O3.C4H4O4/c6-4-2-1-3-5(7)8-4;5-3(6)1-2-4(7)8/h1-3H2;1-2H,(H,5,6)(H,7,8). The van der Waals surface area contributed by atoms with Gasteiger partial charge in [0.1, 0.15) is 0 Å². The molecule has 0 bridgehead atoms. The predicted molar refractivity (Wildman–Crippen MR) is 49.4 cm³/mol. The fourth-order valence-corrected chi connectivity index (χ4v) is 0.749. The number of hydrogen-bond donors (Lipinski definition) is 2. The Bertz CT molecular complexity index is 299. The summed E-state index contributed by atoms with van der Waals surface area (Å²) in [7, 11) is 0. The van der Waals surface area contributed by atoms with Gasteiger partial charge in [0, 0.05) is 25.0 Å². The molecular formula is C9H10O7. The van der Waals surface area contributed by atoms with Gasteiger partial charge in [-0.2, -0.15) is 0 Å². The molecule has 1 aliphatic rings. The molecule has 0 radical (unpaired) electrons. The maximum Gasteiger partial charge on any atom is 0.328 e. The molecule has 0 aromatic carbocycles. The number of carbonyl (C=O) groups is 4. The van der Waals surface area contributed by atoms with Crippen LogP contribution in [-0.2, 0) is 23.9 Å². The van der Waals surface area contributed by atoms with Gasteiger partial charge < -0.3 is 14.9 Å². The number of carboxylic acids is 2. The van der Waals surface area contributed by atoms with E-state index in [-0.39, 0.29) is 11.9 Å². The van der Waals surface area contributed by atoms with Crippen LogP contribution >= 0.6 is 0 Å². The Morgan fingerprint density at radius 3 is 1.56 bits per heavy atom. The molecule has 0 atom stereocenters. The number of carbonyl (C=O) groups excluding carboxylic acids is 2. The average Bonchev–Trinajstić information content (AvgIpc) is 2.15. The number of aliphatic carboxylic acids is 2. The lowest BCUT2D eigenvalue weighted by Crippen LogP contribution is -2.17. The Hall–Kier alpha value is -2.18. The molecule has 1 heterocycles. The molecule has 1 rings (SSSR count). The van der Waals surface area contributed by atoms with Gasteiger partial charge in [-0.1, -0.05) is 0 Å². The predicted octanol–water partition coefficient (Wildman–Crippen LogP) is -0.0481. The van der Waals surface area contributed by atoms with Crippen LogP contribution in [0.15, 0.2) is 12.2 Å². The molecule has 0 aliphatic carbocycles. The normalized spacial score (nSPS) is 15.0. The third-order valence-electron chi connectivity index (χ3n) is 1.36. The average molecular weight is 230 g/mol. The second kappa shape index (κ2) is 7.16. The van der Waals surface area contributed by atoms with Crippen LogP contribution in [0.2, 0.25) is 0 Å². The third-order valence-corrected chi connectivity index (χ3v) is 1.36. The van der Waals surface area contributed by atoms with Crippen molar-refractivity contribution < 1.29 is 34.1 Å². The van der Waals surface area contributed by atoms with Gasteiger partial charge in [-0.3, -0.25) is 9.59 Å². The van der Waals surface area contributed by atoms with E-state index in [2.05, 4.69) is 4.74 Å².